The van der Waals surface area contributed by atoms with Crippen molar-refractivity contribution in [1.29, 1.82) is 0 Å². The molecule has 0 aliphatic carbocycles. The first-order chi connectivity index (χ1) is 22.5. The lowest BCUT2D eigenvalue weighted by Gasteiger charge is -2.21. The number of aromatic amines is 1. The summed E-state index contributed by atoms with van der Waals surface area (Å²) < 4.78 is 16.0. The van der Waals surface area contributed by atoms with Crippen molar-refractivity contribution in [2.24, 2.45) is 0 Å². The maximum absolute atomic E-state index is 13.3. The Bertz CT molecular complexity index is 1440. The number of fused-ring (bicyclic) bond motifs is 1. The van der Waals surface area contributed by atoms with Gasteiger partial charge in [-0.15, -0.1) is 5.10 Å². The summed E-state index contributed by atoms with van der Waals surface area (Å²) in [6.45, 7) is 9.57. The van der Waals surface area contributed by atoms with E-state index in [1.54, 1.807) is 15.5 Å². The average molecular weight is 634 g/mol. The van der Waals surface area contributed by atoms with Gasteiger partial charge in [-0.1, -0.05) is 84.1 Å². The fraction of sp³-hybridized carbons (Fsp3) is 0.611. The number of aromatic nitrogens is 6. The van der Waals surface area contributed by atoms with Crippen molar-refractivity contribution in [1.82, 2.24) is 34.9 Å². The zero-order chi connectivity index (χ0) is 32.6. The molecule has 252 valence electrons. The van der Waals surface area contributed by atoms with Gasteiger partial charge in [0.05, 0.1) is 12.3 Å². The molecule has 4 rings (SSSR count). The van der Waals surface area contributed by atoms with Crippen LogP contribution >= 0.6 is 0 Å². The molecular formula is C36H55N7O3. The molecule has 1 unspecified atom stereocenters. The third-order valence-electron chi connectivity index (χ3n) is 8.34. The summed E-state index contributed by atoms with van der Waals surface area (Å²) >= 11 is 0. The molecule has 10 nitrogen and oxygen atoms in total. The highest BCUT2D eigenvalue weighted by Gasteiger charge is 2.22. The number of unbranched alkanes of at least 4 members (excludes halogenated alkanes) is 10. The van der Waals surface area contributed by atoms with Gasteiger partial charge in [-0.3, -0.25) is 9.89 Å². The lowest BCUT2D eigenvalue weighted by molar-refractivity contribution is -0.128. The molecule has 1 amide bonds. The summed E-state index contributed by atoms with van der Waals surface area (Å²) in [4.78, 5) is 18.0. The minimum Gasteiger partial charge on any atom is -0.490 e. The molecule has 0 aliphatic rings. The molecule has 0 aliphatic heterocycles. The highest BCUT2D eigenvalue weighted by Crippen LogP contribution is 2.30. The van der Waals surface area contributed by atoms with Crippen LogP contribution in [0.4, 0.5) is 0 Å². The van der Waals surface area contributed by atoms with E-state index < -0.39 is 6.10 Å². The number of benzene rings is 1. The second-order valence-corrected chi connectivity index (χ2v) is 12.4. The van der Waals surface area contributed by atoms with Gasteiger partial charge < -0.3 is 14.8 Å². The zero-order valence-corrected chi connectivity index (χ0v) is 28.5. The normalized spacial score (nSPS) is 12.1. The van der Waals surface area contributed by atoms with E-state index in [9.17, 15) is 4.79 Å². The van der Waals surface area contributed by atoms with Gasteiger partial charge in [-0.2, -0.15) is 9.73 Å². The van der Waals surface area contributed by atoms with E-state index in [1.807, 2.05) is 44.3 Å². The third kappa shape index (κ3) is 10.6. The zero-order valence-electron chi connectivity index (χ0n) is 28.5. The number of ether oxygens (including phenoxy) is 2. The number of carbonyl (C=O) groups is 1. The van der Waals surface area contributed by atoms with Crippen molar-refractivity contribution in [2.45, 2.75) is 130 Å². The lowest BCUT2D eigenvalue weighted by Crippen LogP contribution is -2.39. The number of amides is 1. The highest BCUT2D eigenvalue weighted by molar-refractivity contribution is 5.81. The Morgan fingerprint density at radius 2 is 1.67 bits per heavy atom. The summed E-state index contributed by atoms with van der Waals surface area (Å²) in [5, 5.41) is 15.2. The summed E-state index contributed by atoms with van der Waals surface area (Å²) in [7, 11) is 0. The summed E-state index contributed by atoms with van der Waals surface area (Å²) in [6, 6.07) is 7.86. The monoisotopic (exact) mass is 633 g/mol. The van der Waals surface area contributed by atoms with Crippen LogP contribution in [-0.2, 0) is 11.2 Å². The Balaban J connectivity index is 1.23. The van der Waals surface area contributed by atoms with E-state index in [-0.39, 0.29) is 5.91 Å². The van der Waals surface area contributed by atoms with Crippen LogP contribution in [0.3, 0.4) is 0 Å². The number of carbonyl (C=O) groups excluding carboxylic acids is 1. The number of hydrogen-bond acceptors (Lipinski definition) is 6. The van der Waals surface area contributed by atoms with Crippen molar-refractivity contribution < 1.29 is 14.3 Å². The van der Waals surface area contributed by atoms with Crippen molar-refractivity contribution in [3.05, 3.63) is 53.7 Å². The van der Waals surface area contributed by atoms with Gasteiger partial charge in [0, 0.05) is 25.4 Å². The molecule has 0 saturated carbocycles. The van der Waals surface area contributed by atoms with E-state index >= 15 is 0 Å². The summed E-state index contributed by atoms with van der Waals surface area (Å²) in [6.07, 6.45) is 19.8. The van der Waals surface area contributed by atoms with Crippen molar-refractivity contribution >= 4 is 11.6 Å². The number of nitrogens with one attached hydrogen (secondary N) is 2. The molecule has 0 spiro atoms. The molecular weight excluding hydrogens is 578 g/mol. The molecule has 1 atom stereocenters. The van der Waals surface area contributed by atoms with Crippen LogP contribution in [0.15, 0.2) is 36.7 Å². The lowest BCUT2D eigenvalue weighted by atomic mass is 10.1. The van der Waals surface area contributed by atoms with Crippen LogP contribution < -0.4 is 14.8 Å². The van der Waals surface area contributed by atoms with Crippen LogP contribution in [-0.4, -0.2) is 54.8 Å². The SMILES string of the molecule is CCCCCCCCCCCCOc1ccc(C)cc1OC(CCCC)C(=O)NCCCc1nc2c(-n3cccn3)c(C)[nH]n2n1. The quantitative estimate of drug-likeness (QED) is 0.0805. The Morgan fingerprint density at radius 1 is 0.935 bits per heavy atom. The second kappa shape index (κ2) is 19.0. The topological polar surface area (TPSA) is 111 Å². The number of rotatable bonds is 23. The molecule has 1 aromatic carbocycles. The van der Waals surface area contributed by atoms with Crippen LogP contribution in [0, 0.1) is 13.8 Å². The molecule has 10 heteroatoms. The summed E-state index contributed by atoms with van der Waals surface area (Å²) in [5.41, 5.74) is 3.64. The van der Waals surface area contributed by atoms with Crippen LogP contribution in [0.2, 0.25) is 0 Å². The maximum Gasteiger partial charge on any atom is 0.261 e. The molecule has 0 bridgehead atoms. The molecule has 4 aromatic rings. The predicted octanol–water partition coefficient (Wildman–Crippen LogP) is 7.85. The second-order valence-electron chi connectivity index (χ2n) is 12.4. The van der Waals surface area contributed by atoms with Gasteiger partial charge in [0.25, 0.3) is 5.91 Å². The van der Waals surface area contributed by atoms with Crippen LogP contribution in [0.25, 0.3) is 11.3 Å². The molecule has 3 heterocycles. The molecule has 3 aromatic heterocycles. The average Bonchev–Trinajstić information content (AvgIpc) is 3.77. The van der Waals surface area contributed by atoms with E-state index in [2.05, 4.69) is 34.5 Å². The first-order valence-electron chi connectivity index (χ1n) is 17.6. The first-order valence-corrected chi connectivity index (χ1v) is 17.6. The third-order valence-corrected chi connectivity index (χ3v) is 8.34. The van der Waals surface area contributed by atoms with Gasteiger partial charge in [0.15, 0.2) is 23.4 Å². The first kappa shape index (κ1) is 35.0. The number of H-pyrrole nitrogens is 1. The fourth-order valence-corrected chi connectivity index (χ4v) is 5.70. The minimum atomic E-state index is -0.579. The van der Waals surface area contributed by atoms with E-state index in [0.29, 0.717) is 43.9 Å². The molecule has 0 fully saturated rings. The van der Waals surface area contributed by atoms with E-state index in [1.165, 1.54) is 57.8 Å². The van der Waals surface area contributed by atoms with Crippen molar-refractivity contribution in [3.8, 4) is 17.2 Å². The molecule has 46 heavy (non-hydrogen) atoms. The van der Waals surface area contributed by atoms with E-state index in [0.717, 1.165) is 47.7 Å². The van der Waals surface area contributed by atoms with Crippen LogP contribution in [0.5, 0.6) is 11.5 Å². The van der Waals surface area contributed by atoms with Gasteiger partial charge in [0.1, 0.15) is 5.69 Å². The van der Waals surface area contributed by atoms with Gasteiger partial charge in [-0.05, 0) is 63.3 Å². The van der Waals surface area contributed by atoms with E-state index in [4.69, 9.17) is 14.5 Å². The maximum atomic E-state index is 13.3. The Hall–Kier alpha value is -3.82. The largest absolute Gasteiger partial charge is 0.490 e. The smallest absolute Gasteiger partial charge is 0.261 e. The van der Waals surface area contributed by atoms with Gasteiger partial charge in [0.2, 0.25) is 5.65 Å². The van der Waals surface area contributed by atoms with Crippen molar-refractivity contribution in [2.75, 3.05) is 13.2 Å². The van der Waals surface area contributed by atoms with Crippen LogP contribution in [0.1, 0.15) is 121 Å². The Kier molecular flexibility index (Phi) is 14.5. The molecule has 2 N–H and O–H groups in total. The number of aryl methyl sites for hydroxylation is 3. The van der Waals surface area contributed by atoms with Crippen molar-refractivity contribution in [3.63, 3.8) is 0 Å². The molecule has 0 saturated heterocycles. The minimum absolute atomic E-state index is 0.0999. The Morgan fingerprint density at radius 3 is 2.39 bits per heavy atom. The Labute approximate surface area is 274 Å². The van der Waals surface area contributed by atoms with Gasteiger partial charge in [-0.25, -0.2) is 9.67 Å². The number of hydrogen-bond donors (Lipinski definition) is 2. The number of nitrogens with zero attached hydrogens (tertiary/aromatic N) is 5. The highest BCUT2D eigenvalue weighted by atomic mass is 16.5. The van der Waals surface area contributed by atoms with Gasteiger partial charge >= 0.3 is 0 Å². The predicted molar refractivity (Wildman–Crippen MR) is 183 cm³/mol. The standard InChI is InChI=1S/C36H55N7O3/c1-5-7-9-10-11-12-13-14-15-16-26-45-30-22-21-28(3)27-32(30)46-31(19-8-6-2)36(44)37-23-17-20-33-39-35-34(42-25-18-24-38-42)29(4)40-43(35)41-33/h18,21-22,24-25,27,31,40H,5-17,19-20,23,26H2,1-4H3,(H,37,44). The fourth-order valence-electron chi connectivity index (χ4n) is 5.70. The molecule has 0 radical (unpaired) electrons. The summed E-state index contributed by atoms with van der Waals surface area (Å²) in [5.74, 6) is 1.97.